The third-order valence-corrected chi connectivity index (χ3v) is 7.13. The normalized spacial score (nSPS) is 11.1. The van der Waals surface area contributed by atoms with Crippen LogP contribution in [0.3, 0.4) is 0 Å². The van der Waals surface area contributed by atoms with Crippen LogP contribution < -0.4 is 0 Å². The number of nitrogens with zero attached hydrogens (tertiary/aromatic N) is 6. The molecule has 0 radical (unpaired) electrons. The molecule has 170 valence electrons. The van der Waals surface area contributed by atoms with Crippen LogP contribution in [0.15, 0.2) is 72.8 Å². The molecule has 1 aliphatic carbocycles. The molecule has 0 aliphatic heterocycles. The Hall–Kier alpha value is -6.08. The highest BCUT2D eigenvalue weighted by molar-refractivity contribution is 6.30. The maximum Gasteiger partial charge on any atom is 0.101 e. The molecule has 0 N–H and O–H groups in total. The van der Waals surface area contributed by atoms with Gasteiger partial charge >= 0.3 is 0 Å². The van der Waals surface area contributed by atoms with Crippen LogP contribution in [0.1, 0.15) is 22.3 Å². The van der Waals surface area contributed by atoms with E-state index < -0.39 is 0 Å². The minimum atomic E-state index is 0.234. The van der Waals surface area contributed by atoms with Gasteiger partial charge in [-0.25, -0.2) is 9.97 Å². The van der Waals surface area contributed by atoms with Gasteiger partial charge in [-0.05, 0) is 35.2 Å². The predicted molar refractivity (Wildman–Crippen MR) is 143 cm³/mol. The van der Waals surface area contributed by atoms with Crippen molar-refractivity contribution < 1.29 is 0 Å². The summed E-state index contributed by atoms with van der Waals surface area (Å²) in [6.45, 7) is 0. The molecule has 0 atom stereocenters. The van der Waals surface area contributed by atoms with Crippen LogP contribution in [0.25, 0.3) is 66.2 Å². The number of aromatic nitrogens is 2. The molecule has 1 aliphatic rings. The molecule has 0 fully saturated rings. The molecule has 0 spiro atoms. The summed E-state index contributed by atoms with van der Waals surface area (Å²) < 4.78 is 0. The first-order chi connectivity index (χ1) is 18.7. The summed E-state index contributed by atoms with van der Waals surface area (Å²) in [4.78, 5) is 9.87. The van der Waals surface area contributed by atoms with Crippen LogP contribution in [-0.4, -0.2) is 9.97 Å². The summed E-state index contributed by atoms with van der Waals surface area (Å²) in [6.07, 6.45) is 0. The van der Waals surface area contributed by atoms with Crippen LogP contribution in [0.5, 0.6) is 0 Å². The average Bonchev–Trinajstić information content (AvgIpc) is 3.29. The van der Waals surface area contributed by atoms with Crippen molar-refractivity contribution in [1.82, 2.24) is 9.97 Å². The molecule has 1 heterocycles. The van der Waals surface area contributed by atoms with E-state index in [0.717, 1.165) is 43.8 Å². The van der Waals surface area contributed by atoms with E-state index in [9.17, 15) is 21.0 Å². The van der Waals surface area contributed by atoms with Gasteiger partial charge in [0.1, 0.15) is 12.1 Å². The van der Waals surface area contributed by atoms with E-state index in [1.54, 1.807) is 24.3 Å². The van der Waals surface area contributed by atoms with E-state index in [1.807, 2.05) is 48.5 Å². The monoisotopic (exact) mass is 480 g/mol. The van der Waals surface area contributed by atoms with Gasteiger partial charge in [-0.3, -0.25) is 0 Å². The smallest absolute Gasteiger partial charge is 0.101 e. The van der Waals surface area contributed by atoms with Gasteiger partial charge in [0.05, 0.1) is 56.8 Å². The number of nitriles is 4. The highest BCUT2D eigenvalue weighted by atomic mass is 14.8. The van der Waals surface area contributed by atoms with Crippen LogP contribution in [0.2, 0.25) is 0 Å². The van der Waals surface area contributed by atoms with E-state index in [-0.39, 0.29) is 11.1 Å². The molecule has 0 saturated heterocycles. The number of fused-ring (bicyclic) bond motifs is 6. The van der Waals surface area contributed by atoms with Crippen molar-refractivity contribution in [3.05, 3.63) is 95.1 Å². The van der Waals surface area contributed by atoms with E-state index >= 15 is 0 Å². The van der Waals surface area contributed by atoms with Crippen molar-refractivity contribution >= 4 is 32.6 Å². The van der Waals surface area contributed by atoms with Gasteiger partial charge in [-0.1, -0.05) is 48.5 Å². The van der Waals surface area contributed by atoms with Crippen LogP contribution in [0.4, 0.5) is 0 Å². The maximum absolute atomic E-state index is 10.2. The van der Waals surface area contributed by atoms with E-state index in [2.05, 4.69) is 24.3 Å². The molecule has 7 rings (SSSR count). The summed E-state index contributed by atoms with van der Waals surface area (Å²) in [5.41, 5.74) is 7.12. The fourth-order valence-electron chi connectivity index (χ4n) is 5.58. The first-order valence-electron chi connectivity index (χ1n) is 11.8. The zero-order chi connectivity index (χ0) is 26.0. The molecule has 5 aromatic carbocycles. The van der Waals surface area contributed by atoms with Crippen molar-refractivity contribution in [2.75, 3.05) is 0 Å². The largest absolute Gasteiger partial charge is 0.244 e. The lowest BCUT2D eigenvalue weighted by Gasteiger charge is -2.17. The van der Waals surface area contributed by atoms with Gasteiger partial charge in [0.2, 0.25) is 0 Å². The topological polar surface area (TPSA) is 121 Å². The minimum absolute atomic E-state index is 0.234. The average molecular weight is 480 g/mol. The Morgan fingerprint density at radius 3 is 1.79 bits per heavy atom. The molecule has 38 heavy (non-hydrogen) atoms. The summed E-state index contributed by atoms with van der Waals surface area (Å²) >= 11 is 0. The van der Waals surface area contributed by atoms with Crippen LogP contribution in [-0.2, 0) is 0 Å². The SMILES string of the molecule is N#Cc1cc2nc3c(nc2cc1C#N)-c1c2cccc(C#N)c2c(-c2ccccc2)c2c(C#N)ccc-3c12. The molecule has 1 aromatic heterocycles. The highest BCUT2D eigenvalue weighted by Crippen LogP contribution is 2.53. The van der Waals surface area contributed by atoms with Crippen molar-refractivity contribution in [2.24, 2.45) is 0 Å². The zero-order valence-corrected chi connectivity index (χ0v) is 19.6. The summed E-state index contributed by atoms with van der Waals surface area (Å²) in [5, 5.41) is 42.6. The number of hydrogen-bond acceptors (Lipinski definition) is 6. The second-order valence-electron chi connectivity index (χ2n) is 9.01. The fraction of sp³-hybridized carbons (Fsp3) is 0. The Kier molecular flexibility index (Phi) is 4.31. The number of benzene rings is 5. The quantitative estimate of drug-likeness (QED) is 0.240. The second-order valence-corrected chi connectivity index (χ2v) is 9.01. The zero-order valence-electron chi connectivity index (χ0n) is 19.6. The Morgan fingerprint density at radius 2 is 1.13 bits per heavy atom. The lowest BCUT2D eigenvalue weighted by atomic mass is 9.85. The van der Waals surface area contributed by atoms with E-state index in [1.165, 1.54) is 0 Å². The molecule has 0 bridgehead atoms. The molecule has 0 unspecified atom stereocenters. The summed E-state index contributed by atoms with van der Waals surface area (Å²) in [5.74, 6) is 0. The van der Waals surface area contributed by atoms with Crippen LogP contribution >= 0.6 is 0 Å². The van der Waals surface area contributed by atoms with Gasteiger partial charge < -0.3 is 0 Å². The van der Waals surface area contributed by atoms with E-state index in [4.69, 9.17) is 9.97 Å². The molecular formula is C32H12N6. The Balaban J connectivity index is 1.75. The van der Waals surface area contributed by atoms with Gasteiger partial charge in [-0.2, -0.15) is 21.0 Å². The maximum atomic E-state index is 10.2. The predicted octanol–water partition coefficient (Wildman–Crippen LogP) is 6.74. The van der Waals surface area contributed by atoms with Crippen molar-refractivity contribution in [1.29, 1.82) is 21.0 Å². The Bertz CT molecular complexity index is 2220. The van der Waals surface area contributed by atoms with Crippen molar-refractivity contribution in [2.45, 2.75) is 0 Å². The Morgan fingerprint density at radius 1 is 0.500 bits per heavy atom. The van der Waals surface area contributed by atoms with Gasteiger partial charge in [-0.15, -0.1) is 0 Å². The third-order valence-electron chi connectivity index (χ3n) is 7.13. The molecular weight excluding hydrogens is 468 g/mol. The molecule has 6 aromatic rings. The lowest BCUT2D eigenvalue weighted by molar-refractivity contribution is 1.31. The first kappa shape index (κ1) is 21.2. The standard InChI is InChI=1S/C32H12N6/c33-13-18-7-4-8-22-26(18)27(17-5-2-1-3-6-17)28-19(14-34)9-10-23-29(28)30(22)32-31(23)37-24-11-20(15-35)21(16-36)12-25(24)38-32/h1-12H. The second kappa shape index (κ2) is 7.71. The van der Waals surface area contributed by atoms with Gasteiger partial charge in [0, 0.05) is 32.8 Å². The van der Waals surface area contributed by atoms with Crippen molar-refractivity contribution in [3.63, 3.8) is 0 Å². The lowest BCUT2D eigenvalue weighted by Crippen LogP contribution is -1.95. The summed E-state index contributed by atoms with van der Waals surface area (Å²) in [7, 11) is 0. The van der Waals surface area contributed by atoms with Crippen molar-refractivity contribution in [3.8, 4) is 57.9 Å². The summed E-state index contributed by atoms with van der Waals surface area (Å²) in [6, 6.07) is 31.1. The third kappa shape index (κ3) is 2.66. The van der Waals surface area contributed by atoms with E-state index in [0.29, 0.717) is 33.5 Å². The number of rotatable bonds is 1. The molecule has 6 heteroatoms. The highest BCUT2D eigenvalue weighted by Gasteiger charge is 2.31. The Labute approximate surface area is 216 Å². The number of hydrogen-bond donors (Lipinski definition) is 0. The molecule has 0 amide bonds. The van der Waals surface area contributed by atoms with Crippen LogP contribution in [0, 0.1) is 45.3 Å². The minimum Gasteiger partial charge on any atom is -0.244 e. The first-order valence-corrected chi connectivity index (χ1v) is 11.8. The molecule has 0 saturated carbocycles. The van der Waals surface area contributed by atoms with Gasteiger partial charge in [0.25, 0.3) is 0 Å². The fourth-order valence-corrected chi connectivity index (χ4v) is 5.58. The van der Waals surface area contributed by atoms with Gasteiger partial charge in [0.15, 0.2) is 0 Å². The molecule has 6 nitrogen and oxygen atoms in total.